The van der Waals surface area contributed by atoms with Crippen LogP contribution in [0.1, 0.15) is 62.9 Å². The second-order valence-electron chi connectivity index (χ2n) is 14.9. The highest BCUT2D eigenvalue weighted by molar-refractivity contribution is 6.32. The van der Waals surface area contributed by atoms with E-state index >= 15 is 0 Å². The predicted molar refractivity (Wildman–Crippen MR) is 210 cm³/mol. The number of likely N-dealkylation sites (N-methyl/N-ethyl adjacent to an activating group) is 1. The lowest BCUT2D eigenvalue weighted by Gasteiger charge is -2.46. The fourth-order valence-electron chi connectivity index (χ4n) is 7.97. The molecule has 0 aromatic heterocycles. The molecule has 3 heterocycles. The van der Waals surface area contributed by atoms with Gasteiger partial charge >= 0.3 is 12.4 Å². The van der Waals surface area contributed by atoms with E-state index in [1.165, 1.54) is 10.5 Å². The summed E-state index contributed by atoms with van der Waals surface area (Å²) in [6.07, 6.45) is -8.92. The SMILES string of the molecule is CN1CCN([C@H]2CCN(C(=O)c3cc(C(F)(F)F)cc(C(F)(F)F)c3)C[C@H]2c2ccccc2Cl)CC1.O=C1CCN(Cc2ccccc2)CC1c1ccccc1Cl. The fraction of sp³-hybridized carbons (Fsp3) is 0.395. The van der Waals surface area contributed by atoms with Crippen molar-refractivity contribution in [1.82, 2.24) is 19.6 Å². The number of hydrogen-bond acceptors (Lipinski definition) is 5. The summed E-state index contributed by atoms with van der Waals surface area (Å²) in [5.41, 5.74) is -0.591. The number of nitrogens with zero attached hydrogens (tertiary/aromatic N) is 4. The number of piperazine rings is 1. The summed E-state index contributed by atoms with van der Waals surface area (Å²) in [5, 5.41) is 1.20. The number of benzene rings is 4. The van der Waals surface area contributed by atoms with E-state index in [4.69, 9.17) is 23.2 Å². The van der Waals surface area contributed by atoms with E-state index in [0.717, 1.165) is 56.9 Å². The minimum absolute atomic E-state index is 0.0307. The highest BCUT2D eigenvalue weighted by Crippen LogP contribution is 2.39. The molecule has 3 saturated heterocycles. The molecule has 6 nitrogen and oxygen atoms in total. The minimum atomic E-state index is -5.02. The Hall–Kier alpha value is -3.94. The topological polar surface area (TPSA) is 47.1 Å². The second kappa shape index (κ2) is 18.3. The Balaban J connectivity index is 0.000000221. The molecule has 14 heteroatoms. The average molecular weight is 834 g/mol. The van der Waals surface area contributed by atoms with Gasteiger partial charge in [0.2, 0.25) is 0 Å². The van der Waals surface area contributed by atoms with Crippen LogP contribution in [0, 0.1) is 0 Å². The van der Waals surface area contributed by atoms with E-state index in [0.29, 0.717) is 40.8 Å². The Kier molecular flexibility index (Phi) is 13.7. The molecule has 304 valence electrons. The smallest absolute Gasteiger partial charge is 0.338 e. The third-order valence-electron chi connectivity index (χ3n) is 11.0. The van der Waals surface area contributed by atoms with Gasteiger partial charge in [-0.1, -0.05) is 89.9 Å². The number of halogens is 8. The molecule has 0 N–H and O–H groups in total. The first kappa shape index (κ1) is 42.7. The van der Waals surface area contributed by atoms with Crippen molar-refractivity contribution in [2.45, 2.75) is 49.6 Å². The molecule has 3 fully saturated rings. The van der Waals surface area contributed by atoms with Crippen molar-refractivity contribution in [2.24, 2.45) is 0 Å². The molecule has 0 radical (unpaired) electrons. The molecule has 4 aromatic rings. The van der Waals surface area contributed by atoms with E-state index in [2.05, 4.69) is 39.0 Å². The molecule has 57 heavy (non-hydrogen) atoms. The third-order valence-corrected chi connectivity index (χ3v) is 11.7. The van der Waals surface area contributed by atoms with Gasteiger partial charge in [0.15, 0.2) is 0 Å². The third kappa shape index (κ3) is 10.8. The Labute approximate surface area is 338 Å². The summed E-state index contributed by atoms with van der Waals surface area (Å²) < 4.78 is 80.0. The number of rotatable bonds is 6. The molecular formula is C43H44Cl2F6N4O2. The number of amides is 1. The van der Waals surface area contributed by atoms with E-state index in [1.54, 1.807) is 12.1 Å². The van der Waals surface area contributed by atoms with E-state index < -0.39 is 35.0 Å². The highest BCUT2D eigenvalue weighted by Gasteiger charge is 2.41. The zero-order valence-corrected chi connectivity index (χ0v) is 32.9. The summed E-state index contributed by atoms with van der Waals surface area (Å²) in [4.78, 5) is 33.8. The van der Waals surface area contributed by atoms with Gasteiger partial charge < -0.3 is 9.80 Å². The summed E-state index contributed by atoms with van der Waals surface area (Å²) in [6, 6.07) is 26.3. The highest BCUT2D eigenvalue weighted by atomic mass is 35.5. The number of alkyl halides is 6. The normalized spacial score (nSPS) is 21.5. The molecule has 0 saturated carbocycles. The van der Waals surface area contributed by atoms with Gasteiger partial charge in [-0.2, -0.15) is 26.3 Å². The van der Waals surface area contributed by atoms with Crippen LogP contribution in [-0.4, -0.2) is 96.7 Å². The first-order chi connectivity index (χ1) is 27.1. The van der Waals surface area contributed by atoms with Gasteiger partial charge in [-0.05, 0) is 60.5 Å². The number of carbonyl (C=O) groups is 2. The zero-order chi connectivity index (χ0) is 40.9. The number of hydrogen-bond donors (Lipinski definition) is 0. The molecule has 0 aliphatic carbocycles. The fourth-order valence-corrected chi connectivity index (χ4v) is 8.51. The van der Waals surface area contributed by atoms with Crippen molar-refractivity contribution in [3.63, 3.8) is 0 Å². The molecule has 1 amide bonds. The van der Waals surface area contributed by atoms with Crippen LogP contribution in [0.5, 0.6) is 0 Å². The summed E-state index contributed by atoms with van der Waals surface area (Å²) in [7, 11) is 2.04. The first-order valence-corrected chi connectivity index (χ1v) is 19.6. The standard InChI is InChI=1S/C25H26ClF6N3O.C18H18ClNO/c1-33-8-10-34(11-9-33)22-6-7-35(15-20(22)19-4-2-3-5-21(19)26)23(36)16-12-17(24(27,28)29)14-18(13-16)25(30,31)32;19-17-9-5-4-8-15(17)16-13-20(11-10-18(16)21)12-14-6-2-1-3-7-14/h2-5,12-14,20,22H,6-11,15H2,1H3;1-9,16H,10-13H2/t20-,22-;/m0./s1. The van der Waals surface area contributed by atoms with Crippen molar-refractivity contribution in [1.29, 1.82) is 0 Å². The number of Topliss-reactive ketones (excluding diaryl/α,β-unsaturated/α-hetero) is 1. The van der Waals surface area contributed by atoms with Crippen LogP contribution in [0.3, 0.4) is 0 Å². The van der Waals surface area contributed by atoms with Gasteiger partial charge in [-0.15, -0.1) is 0 Å². The van der Waals surface area contributed by atoms with Gasteiger partial charge in [-0.3, -0.25) is 19.4 Å². The van der Waals surface area contributed by atoms with Crippen LogP contribution in [-0.2, 0) is 23.7 Å². The lowest BCUT2D eigenvalue weighted by molar-refractivity contribution is -0.143. The quantitative estimate of drug-likeness (QED) is 0.181. The molecule has 3 atom stereocenters. The number of ketones is 1. The van der Waals surface area contributed by atoms with Crippen LogP contribution in [0.25, 0.3) is 0 Å². The van der Waals surface area contributed by atoms with Crippen LogP contribution >= 0.6 is 23.2 Å². The van der Waals surface area contributed by atoms with Gasteiger partial charge in [0.05, 0.1) is 17.0 Å². The lowest BCUT2D eigenvalue weighted by atomic mass is 9.84. The molecule has 3 aliphatic rings. The largest absolute Gasteiger partial charge is 0.416 e. The maximum atomic E-state index is 13.3. The van der Waals surface area contributed by atoms with Gasteiger partial charge in [-0.25, -0.2) is 0 Å². The minimum Gasteiger partial charge on any atom is -0.338 e. The van der Waals surface area contributed by atoms with Crippen molar-refractivity contribution in [2.75, 3.05) is 59.4 Å². The monoisotopic (exact) mass is 832 g/mol. The molecule has 1 unspecified atom stereocenters. The Morgan fingerprint density at radius 3 is 1.84 bits per heavy atom. The zero-order valence-electron chi connectivity index (χ0n) is 31.4. The molecule has 0 bridgehead atoms. The number of piperidine rings is 2. The first-order valence-electron chi connectivity index (χ1n) is 18.9. The van der Waals surface area contributed by atoms with Crippen molar-refractivity contribution < 1.29 is 35.9 Å². The van der Waals surface area contributed by atoms with Crippen molar-refractivity contribution in [3.05, 3.63) is 140 Å². The molecular weight excluding hydrogens is 789 g/mol. The Morgan fingerprint density at radius 1 is 0.702 bits per heavy atom. The van der Waals surface area contributed by atoms with Crippen LogP contribution in [0.2, 0.25) is 10.0 Å². The van der Waals surface area contributed by atoms with Crippen molar-refractivity contribution in [3.8, 4) is 0 Å². The van der Waals surface area contributed by atoms with E-state index in [9.17, 15) is 35.9 Å². The summed E-state index contributed by atoms with van der Waals surface area (Å²) in [5.74, 6) is -0.906. The number of carbonyl (C=O) groups excluding carboxylic acids is 2. The summed E-state index contributed by atoms with van der Waals surface area (Å²) >= 11 is 12.8. The Bertz CT molecular complexity index is 1970. The van der Waals surface area contributed by atoms with Gasteiger partial charge in [0.25, 0.3) is 5.91 Å². The number of likely N-dealkylation sites (tertiary alicyclic amines) is 2. The van der Waals surface area contributed by atoms with Crippen molar-refractivity contribution >= 4 is 34.9 Å². The maximum Gasteiger partial charge on any atom is 0.416 e. The lowest BCUT2D eigenvalue weighted by Crippen LogP contribution is -2.56. The van der Waals surface area contributed by atoms with Crippen LogP contribution in [0.15, 0.2) is 97.1 Å². The summed E-state index contributed by atoms with van der Waals surface area (Å²) in [6.45, 7) is 6.20. The molecule has 3 aliphatic heterocycles. The van der Waals surface area contributed by atoms with Gasteiger partial charge in [0, 0.05) is 92.9 Å². The maximum absolute atomic E-state index is 13.3. The molecule has 7 rings (SSSR count). The van der Waals surface area contributed by atoms with E-state index in [1.807, 2.05) is 49.5 Å². The van der Waals surface area contributed by atoms with Crippen LogP contribution in [0.4, 0.5) is 26.3 Å². The average Bonchev–Trinajstić information content (AvgIpc) is 3.19. The molecule has 4 aromatic carbocycles. The van der Waals surface area contributed by atoms with Gasteiger partial charge in [0.1, 0.15) is 5.78 Å². The predicted octanol–water partition coefficient (Wildman–Crippen LogP) is 9.52. The second-order valence-corrected chi connectivity index (χ2v) is 15.7. The Morgan fingerprint density at radius 2 is 1.26 bits per heavy atom. The van der Waals surface area contributed by atoms with Crippen LogP contribution < -0.4 is 0 Å². The van der Waals surface area contributed by atoms with E-state index in [-0.39, 0.29) is 37.0 Å². The molecule has 0 spiro atoms.